The third kappa shape index (κ3) is 2.46. The summed E-state index contributed by atoms with van der Waals surface area (Å²) in [6, 6.07) is 0.771. The Labute approximate surface area is 98.6 Å². The van der Waals surface area contributed by atoms with Crippen LogP contribution in [-0.4, -0.2) is 11.5 Å². The van der Waals surface area contributed by atoms with Crippen molar-refractivity contribution in [1.29, 1.82) is 0 Å². The van der Waals surface area contributed by atoms with Gasteiger partial charge in [-0.25, -0.2) is 19.6 Å². The number of hydrogen-bond acceptors (Lipinski definition) is 4. The molecular weight excluding hydrogens is 226 g/mol. The van der Waals surface area contributed by atoms with Crippen LogP contribution >= 0.6 is 0 Å². The summed E-state index contributed by atoms with van der Waals surface area (Å²) >= 11 is 0. The SMILES string of the molecule is CC1(CNc2nc(NN)c(F)cc2F)CCC1. The van der Waals surface area contributed by atoms with Gasteiger partial charge >= 0.3 is 0 Å². The molecule has 0 bridgehead atoms. The van der Waals surface area contributed by atoms with Gasteiger partial charge in [0.05, 0.1) is 0 Å². The molecule has 0 spiro atoms. The van der Waals surface area contributed by atoms with E-state index in [-0.39, 0.29) is 17.1 Å². The molecule has 4 nitrogen and oxygen atoms in total. The van der Waals surface area contributed by atoms with E-state index in [2.05, 4.69) is 22.7 Å². The number of aromatic nitrogens is 1. The molecule has 0 aromatic carbocycles. The topological polar surface area (TPSA) is 63.0 Å². The van der Waals surface area contributed by atoms with Crippen molar-refractivity contribution >= 4 is 11.6 Å². The van der Waals surface area contributed by atoms with Gasteiger partial charge in [0.1, 0.15) is 0 Å². The monoisotopic (exact) mass is 242 g/mol. The summed E-state index contributed by atoms with van der Waals surface area (Å²) in [4.78, 5) is 3.75. The third-order valence-corrected chi connectivity index (χ3v) is 3.31. The highest BCUT2D eigenvalue weighted by atomic mass is 19.1. The summed E-state index contributed by atoms with van der Waals surface area (Å²) in [6.07, 6.45) is 3.43. The molecule has 1 heterocycles. The number of halogens is 2. The first-order valence-corrected chi connectivity index (χ1v) is 5.61. The molecule has 1 fully saturated rings. The molecule has 1 aromatic rings. The highest BCUT2D eigenvalue weighted by Crippen LogP contribution is 2.40. The van der Waals surface area contributed by atoms with Crippen molar-refractivity contribution in [3.8, 4) is 0 Å². The van der Waals surface area contributed by atoms with E-state index in [1.54, 1.807) is 0 Å². The molecule has 0 unspecified atom stereocenters. The number of rotatable bonds is 4. The lowest BCUT2D eigenvalue weighted by Gasteiger charge is -2.38. The van der Waals surface area contributed by atoms with Crippen molar-refractivity contribution in [3.05, 3.63) is 17.7 Å². The zero-order valence-corrected chi connectivity index (χ0v) is 9.69. The molecule has 0 radical (unpaired) electrons. The number of pyridine rings is 1. The van der Waals surface area contributed by atoms with Crippen LogP contribution < -0.4 is 16.6 Å². The van der Waals surface area contributed by atoms with Gasteiger partial charge in [-0.1, -0.05) is 13.3 Å². The van der Waals surface area contributed by atoms with Crippen molar-refractivity contribution < 1.29 is 8.78 Å². The molecule has 4 N–H and O–H groups in total. The number of nitrogens with one attached hydrogen (secondary N) is 2. The zero-order chi connectivity index (χ0) is 12.5. The number of nitrogens with two attached hydrogens (primary N) is 1. The van der Waals surface area contributed by atoms with E-state index in [4.69, 9.17) is 5.84 Å². The Kier molecular flexibility index (Phi) is 3.15. The van der Waals surface area contributed by atoms with Crippen LogP contribution in [0.2, 0.25) is 0 Å². The summed E-state index contributed by atoms with van der Waals surface area (Å²) in [5, 5.41) is 2.91. The molecule has 0 aliphatic heterocycles. The molecule has 17 heavy (non-hydrogen) atoms. The van der Waals surface area contributed by atoms with Crippen LogP contribution in [0.5, 0.6) is 0 Å². The van der Waals surface area contributed by atoms with E-state index >= 15 is 0 Å². The summed E-state index contributed by atoms with van der Waals surface area (Å²) in [7, 11) is 0. The van der Waals surface area contributed by atoms with Gasteiger partial charge in [-0.3, -0.25) is 0 Å². The lowest BCUT2D eigenvalue weighted by molar-refractivity contribution is 0.179. The molecule has 2 rings (SSSR count). The van der Waals surface area contributed by atoms with Crippen molar-refractivity contribution in [2.45, 2.75) is 26.2 Å². The molecule has 0 amide bonds. The van der Waals surface area contributed by atoms with Crippen molar-refractivity contribution in [1.82, 2.24) is 4.98 Å². The van der Waals surface area contributed by atoms with Gasteiger partial charge in [0.2, 0.25) is 0 Å². The molecule has 1 saturated carbocycles. The highest BCUT2D eigenvalue weighted by molar-refractivity contribution is 5.47. The van der Waals surface area contributed by atoms with E-state index < -0.39 is 11.6 Å². The smallest absolute Gasteiger partial charge is 0.178 e. The van der Waals surface area contributed by atoms with Crippen molar-refractivity contribution in [2.75, 3.05) is 17.3 Å². The quantitative estimate of drug-likeness (QED) is 0.559. The minimum atomic E-state index is -0.801. The molecule has 1 aromatic heterocycles. The lowest BCUT2D eigenvalue weighted by Crippen LogP contribution is -2.33. The number of anilines is 2. The van der Waals surface area contributed by atoms with Crippen LogP contribution in [0.3, 0.4) is 0 Å². The van der Waals surface area contributed by atoms with Crippen LogP contribution in [0.4, 0.5) is 20.4 Å². The van der Waals surface area contributed by atoms with Crippen LogP contribution in [0.1, 0.15) is 26.2 Å². The Hall–Kier alpha value is -1.43. The predicted molar refractivity (Wildman–Crippen MR) is 62.4 cm³/mol. The fraction of sp³-hybridized carbons (Fsp3) is 0.545. The normalized spacial score (nSPS) is 17.4. The average molecular weight is 242 g/mol. The second-order valence-electron chi connectivity index (χ2n) is 4.81. The molecule has 6 heteroatoms. The Morgan fingerprint density at radius 1 is 1.35 bits per heavy atom. The van der Waals surface area contributed by atoms with Gasteiger partial charge in [-0.15, -0.1) is 0 Å². The minimum Gasteiger partial charge on any atom is -0.367 e. The number of hydrazine groups is 1. The molecular formula is C11H16F2N4. The maximum atomic E-state index is 13.4. The lowest BCUT2D eigenvalue weighted by atomic mass is 9.70. The fourth-order valence-corrected chi connectivity index (χ4v) is 1.95. The second kappa shape index (κ2) is 4.44. The summed E-state index contributed by atoms with van der Waals surface area (Å²) < 4.78 is 26.5. The van der Waals surface area contributed by atoms with E-state index in [1.165, 1.54) is 6.42 Å². The maximum absolute atomic E-state index is 13.4. The van der Waals surface area contributed by atoms with Gasteiger partial charge in [0.15, 0.2) is 23.3 Å². The average Bonchev–Trinajstić information content (AvgIpc) is 2.25. The molecule has 0 saturated heterocycles. The van der Waals surface area contributed by atoms with Gasteiger partial charge in [-0.05, 0) is 18.3 Å². The van der Waals surface area contributed by atoms with Crippen LogP contribution in [-0.2, 0) is 0 Å². The van der Waals surface area contributed by atoms with Crippen LogP contribution in [0.15, 0.2) is 6.07 Å². The van der Waals surface area contributed by atoms with E-state index in [0.717, 1.165) is 18.9 Å². The Morgan fingerprint density at radius 3 is 2.53 bits per heavy atom. The Morgan fingerprint density at radius 2 is 2.00 bits per heavy atom. The third-order valence-electron chi connectivity index (χ3n) is 3.31. The highest BCUT2D eigenvalue weighted by Gasteiger charge is 2.31. The molecule has 1 aliphatic rings. The second-order valence-corrected chi connectivity index (χ2v) is 4.81. The summed E-state index contributed by atoms with van der Waals surface area (Å²) in [5.41, 5.74) is 2.29. The standard InChI is InChI=1S/C11H16F2N4/c1-11(3-2-4-11)6-15-9-7(12)5-8(13)10(16-9)17-14/h5H,2-4,6,14H2,1H3,(H2,15,16,17). The first kappa shape index (κ1) is 12.0. The first-order chi connectivity index (χ1) is 8.04. The zero-order valence-electron chi connectivity index (χ0n) is 9.69. The van der Waals surface area contributed by atoms with Gasteiger partial charge in [0.25, 0.3) is 0 Å². The van der Waals surface area contributed by atoms with Gasteiger partial charge in [-0.2, -0.15) is 0 Å². The maximum Gasteiger partial charge on any atom is 0.178 e. The van der Waals surface area contributed by atoms with Gasteiger partial charge < -0.3 is 10.7 Å². The fourth-order valence-electron chi connectivity index (χ4n) is 1.95. The van der Waals surface area contributed by atoms with Crippen LogP contribution in [0, 0.1) is 17.0 Å². The van der Waals surface area contributed by atoms with E-state index in [0.29, 0.717) is 6.54 Å². The summed E-state index contributed by atoms with van der Waals surface area (Å²) in [6.45, 7) is 2.76. The molecule has 1 aliphatic carbocycles. The van der Waals surface area contributed by atoms with Crippen LogP contribution in [0.25, 0.3) is 0 Å². The Bertz CT molecular complexity index is 418. The number of hydrogen-bond donors (Lipinski definition) is 3. The van der Waals surface area contributed by atoms with Crippen molar-refractivity contribution in [3.63, 3.8) is 0 Å². The summed E-state index contributed by atoms with van der Waals surface area (Å²) in [5.74, 6) is 3.46. The first-order valence-electron chi connectivity index (χ1n) is 5.61. The van der Waals surface area contributed by atoms with E-state index in [1.807, 2.05) is 0 Å². The van der Waals surface area contributed by atoms with Crippen molar-refractivity contribution in [2.24, 2.45) is 11.3 Å². The largest absolute Gasteiger partial charge is 0.367 e. The molecule has 94 valence electrons. The van der Waals surface area contributed by atoms with Gasteiger partial charge in [0, 0.05) is 12.6 Å². The van der Waals surface area contributed by atoms with E-state index in [9.17, 15) is 8.78 Å². The Balaban J connectivity index is 2.09. The number of nitrogens with zero attached hydrogens (tertiary/aromatic N) is 1. The predicted octanol–water partition coefficient (Wildman–Crippen LogP) is 2.25. The minimum absolute atomic E-state index is 0.0347. The number of nitrogen functional groups attached to an aromatic ring is 1. The molecule has 0 atom stereocenters.